The number of carboxylic acids is 2. The number of nitrogens with two attached hydrogens (primary N) is 1. The van der Waals surface area contributed by atoms with Gasteiger partial charge in [-0.3, -0.25) is 0 Å². The normalized spacial score (nSPS) is 15.1. The van der Waals surface area contributed by atoms with E-state index in [9.17, 15) is 14.7 Å². The van der Waals surface area contributed by atoms with Crippen LogP contribution in [-0.2, 0) is 15.3 Å². The molecule has 36 heavy (non-hydrogen) atoms. The van der Waals surface area contributed by atoms with Crippen LogP contribution in [0.5, 0.6) is 0 Å². The van der Waals surface area contributed by atoms with Crippen LogP contribution in [0.3, 0.4) is 0 Å². The Morgan fingerprint density at radius 3 is 2.17 bits per heavy atom. The van der Waals surface area contributed by atoms with Gasteiger partial charge in [-0.15, -0.1) is 11.8 Å². The number of hydrogen-bond acceptors (Lipinski definition) is 6. The molecule has 3 aromatic carbocycles. The van der Waals surface area contributed by atoms with E-state index in [2.05, 4.69) is 53.8 Å². The molecule has 2 atom stereocenters. The Labute approximate surface area is 222 Å². The van der Waals surface area contributed by atoms with Gasteiger partial charge >= 0.3 is 11.9 Å². The first-order valence-corrected chi connectivity index (χ1v) is 12.5. The number of anilines is 1. The molecule has 6 N–H and O–H groups in total. The summed E-state index contributed by atoms with van der Waals surface area (Å²) < 4.78 is 0. The topological polar surface area (TPSA) is 133 Å². The van der Waals surface area contributed by atoms with Gasteiger partial charge in [-0.1, -0.05) is 65.7 Å². The highest BCUT2D eigenvalue weighted by Gasteiger charge is 2.24. The molecule has 0 saturated carbocycles. The number of rotatable bonds is 6. The van der Waals surface area contributed by atoms with Gasteiger partial charge in [0.1, 0.15) is 0 Å². The predicted molar refractivity (Wildman–Crippen MR) is 143 cm³/mol. The van der Waals surface area contributed by atoms with E-state index < -0.39 is 18.0 Å². The summed E-state index contributed by atoms with van der Waals surface area (Å²) >= 11 is 14.1. The van der Waals surface area contributed by atoms with Crippen molar-refractivity contribution in [2.75, 3.05) is 12.3 Å². The van der Waals surface area contributed by atoms with Crippen LogP contribution in [0.4, 0.5) is 5.69 Å². The SMILES string of the molecule is Nc1c(Cl)cc(C(O)CNC2c3ccccc3CSc3ccccc32)cc1Cl.O=C(O)C=CC(=O)O. The number of carbonyl (C=O) groups is 2. The molecule has 0 saturated heterocycles. The third kappa shape index (κ3) is 7.25. The molecule has 3 aromatic rings. The van der Waals surface area contributed by atoms with E-state index in [4.69, 9.17) is 39.1 Å². The molecule has 1 heterocycles. The minimum absolute atomic E-state index is 0.00299. The number of aliphatic hydroxyl groups is 1. The van der Waals surface area contributed by atoms with Crippen LogP contribution < -0.4 is 11.1 Å². The third-order valence-electron chi connectivity index (χ3n) is 5.35. The largest absolute Gasteiger partial charge is 0.478 e. The van der Waals surface area contributed by atoms with Gasteiger partial charge in [0.15, 0.2) is 0 Å². The first-order valence-electron chi connectivity index (χ1n) is 10.8. The highest BCUT2D eigenvalue weighted by Crippen LogP contribution is 2.39. The van der Waals surface area contributed by atoms with Crippen LogP contribution in [0.1, 0.15) is 34.4 Å². The molecule has 4 rings (SSSR count). The number of fused-ring (bicyclic) bond motifs is 2. The summed E-state index contributed by atoms with van der Waals surface area (Å²) in [5.41, 5.74) is 10.5. The number of benzene rings is 3. The van der Waals surface area contributed by atoms with Crippen molar-refractivity contribution < 1.29 is 24.9 Å². The molecule has 7 nitrogen and oxygen atoms in total. The van der Waals surface area contributed by atoms with E-state index in [0.717, 1.165) is 5.75 Å². The van der Waals surface area contributed by atoms with Crippen molar-refractivity contribution in [2.24, 2.45) is 0 Å². The smallest absolute Gasteiger partial charge is 0.328 e. The highest BCUT2D eigenvalue weighted by molar-refractivity contribution is 7.98. The van der Waals surface area contributed by atoms with E-state index in [-0.39, 0.29) is 6.04 Å². The maximum Gasteiger partial charge on any atom is 0.328 e. The lowest BCUT2D eigenvalue weighted by Gasteiger charge is -2.23. The zero-order valence-electron chi connectivity index (χ0n) is 18.9. The van der Waals surface area contributed by atoms with Gasteiger partial charge in [0, 0.05) is 29.3 Å². The fraction of sp³-hybridized carbons (Fsp3) is 0.154. The lowest BCUT2D eigenvalue weighted by atomic mass is 9.94. The molecule has 188 valence electrons. The van der Waals surface area contributed by atoms with Crippen LogP contribution in [0.2, 0.25) is 10.0 Å². The van der Waals surface area contributed by atoms with E-state index >= 15 is 0 Å². The van der Waals surface area contributed by atoms with Crippen LogP contribution in [0, 0.1) is 0 Å². The summed E-state index contributed by atoms with van der Waals surface area (Å²) in [5, 5.41) is 30.6. The van der Waals surface area contributed by atoms with Gasteiger partial charge in [0.05, 0.1) is 27.9 Å². The second-order valence-electron chi connectivity index (χ2n) is 7.79. The van der Waals surface area contributed by atoms with Crippen molar-refractivity contribution >= 4 is 52.6 Å². The monoisotopic (exact) mass is 546 g/mol. The molecule has 0 aromatic heterocycles. The fourth-order valence-electron chi connectivity index (χ4n) is 3.63. The first-order chi connectivity index (χ1) is 17.2. The Balaban J connectivity index is 0.000000392. The molecule has 0 radical (unpaired) electrons. The van der Waals surface area contributed by atoms with Crippen molar-refractivity contribution in [2.45, 2.75) is 22.8 Å². The molecule has 0 bridgehead atoms. The Bertz CT molecular complexity index is 1200. The lowest BCUT2D eigenvalue weighted by Crippen LogP contribution is -2.28. The lowest BCUT2D eigenvalue weighted by molar-refractivity contribution is -0.134. The molecule has 1 aliphatic heterocycles. The number of aliphatic carboxylic acids is 2. The van der Waals surface area contributed by atoms with Gasteiger partial charge in [0.2, 0.25) is 0 Å². The average Bonchev–Trinajstić information content (AvgIpc) is 3.01. The van der Waals surface area contributed by atoms with Crippen LogP contribution >= 0.6 is 35.0 Å². The van der Waals surface area contributed by atoms with Gasteiger partial charge in [-0.25, -0.2) is 9.59 Å². The Hall–Kier alpha value is -3.01. The number of hydrogen-bond donors (Lipinski definition) is 5. The number of aliphatic hydroxyl groups excluding tert-OH is 1. The molecular formula is C26H24Cl2N2O5S. The Kier molecular flexibility index (Phi) is 9.81. The maximum atomic E-state index is 10.7. The summed E-state index contributed by atoms with van der Waals surface area (Å²) in [5.74, 6) is -1.59. The standard InChI is InChI=1S/C22H20Cl2N2OS.C4H4O4/c23-17-9-14(10-18(24)21(17)25)19(27)11-26-22-15-6-2-1-5-13(15)12-28-20-8-4-3-7-16(20)22;5-3(6)1-2-4(7)8/h1-10,19,22,26-27H,11-12,25H2;1-2H,(H,5,6)(H,7,8). The molecule has 0 spiro atoms. The molecule has 0 aliphatic carbocycles. The highest BCUT2D eigenvalue weighted by atomic mass is 35.5. The van der Waals surface area contributed by atoms with E-state index in [0.29, 0.717) is 40.0 Å². The molecule has 0 fully saturated rings. The van der Waals surface area contributed by atoms with Crippen molar-refractivity contribution in [1.82, 2.24) is 5.32 Å². The van der Waals surface area contributed by atoms with Crippen molar-refractivity contribution in [3.8, 4) is 0 Å². The van der Waals surface area contributed by atoms with E-state index in [1.165, 1.54) is 21.6 Å². The summed E-state index contributed by atoms with van der Waals surface area (Å²) in [6.45, 7) is 0.356. The van der Waals surface area contributed by atoms with Crippen LogP contribution in [0.25, 0.3) is 0 Å². The van der Waals surface area contributed by atoms with Gasteiger partial charge in [0.25, 0.3) is 0 Å². The minimum atomic E-state index is -1.26. The zero-order chi connectivity index (χ0) is 26.2. The third-order valence-corrected chi connectivity index (χ3v) is 7.11. The molecule has 0 amide bonds. The fourth-order valence-corrected chi connectivity index (χ4v) is 5.23. The van der Waals surface area contributed by atoms with Gasteiger partial charge in [-0.05, 0) is 40.5 Å². The number of nitrogens with one attached hydrogen (secondary N) is 1. The van der Waals surface area contributed by atoms with Crippen molar-refractivity contribution in [3.63, 3.8) is 0 Å². The number of carboxylic acid groups (broad SMARTS) is 2. The van der Waals surface area contributed by atoms with Gasteiger partial charge in [-0.2, -0.15) is 0 Å². The Morgan fingerprint density at radius 1 is 1.00 bits per heavy atom. The Morgan fingerprint density at radius 2 is 1.56 bits per heavy atom. The molecule has 10 heteroatoms. The van der Waals surface area contributed by atoms with Crippen molar-refractivity contribution in [3.05, 3.63) is 105 Å². The first kappa shape index (κ1) is 27.6. The molecule has 2 unspecified atom stereocenters. The van der Waals surface area contributed by atoms with E-state index in [1.807, 2.05) is 11.8 Å². The quantitative estimate of drug-likeness (QED) is 0.207. The van der Waals surface area contributed by atoms with Crippen LogP contribution in [-0.4, -0.2) is 33.8 Å². The second kappa shape index (κ2) is 12.8. The summed E-state index contributed by atoms with van der Waals surface area (Å²) in [4.78, 5) is 20.4. The predicted octanol–water partition coefficient (Wildman–Crippen LogP) is 5.31. The second-order valence-corrected chi connectivity index (χ2v) is 9.62. The minimum Gasteiger partial charge on any atom is -0.478 e. The van der Waals surface area contributed by atoms with E-state index in [1.54, 1.807) is 12.1 Å². The average molecular weight is 547 g/mol. The van der Waals surface area contributed by atoms with Crippen molar-refractivity contribution in [1.29, 1.82) is 0 Å². The van der Waals surface area contributed by atoms with Crippen LogP contribution in [0.15, 0.2) is 77.7 Å². The maximum absolute atomic E-state index is 10.7. The summed E-state index contributed by atoms with van der Waals surface area (Å²) in [7, 11) is 0. The molecular weight excluding hydrogens is 523 g/mol. The summed E-state index contributed by atoms with van der Waals surface area (Å²) in [6, 6.07) is 20.2. The zero-order valence-corrected chi connectivity index (χ0v) is 21.2. The summed E-state index contributed by atoms with van der Waals surface area (Å²) in [6.07, 6.45) is 0.357. The molecule has 1 aliphatic rings. The van der Waals surface area contributed by atoms with Gasteiger partial charge < -0.3 is 26.4 Å². The number of thioether (sulfide) groups is 1. The number of nitrogen functional groups attached to an aromatic ring is 1. The number of halogens is 2.